The Morgan fingerprint density at radius 1 is 1.26 bits per heavy atom. The molecule has 138 valence electrons. The number of hydrogen-bond donors (Lipinski definition) is 2. The summed E-state index contributed by atoms with van der Waals surface area (Å²) in [4.78, 5) is 22.2. The van der Waals surface area contributed by atoms with E-state index in [1.807, 2.05) is 31.2 Å². The third-order valence-electron chi connectivity index (χ3n) is 5.43. The Morgan fingerprint density at radius 3 is 2.74 bits per heavy atom. The van der Waals surface area contributed by atoms with Gasteiger partial charge in [-0.25, -0.2) is 0 Å². The van der Waals surface area contributed by atoms with E-state index in [1.54, 1.807) is 12.1 Å². The molecule has 2 N–H and O–H groups in total. The lowest BCUT2D eigenvalue weighted by atomic mass is 9.77. The minimum absolute atomic E-state index is 0.000916. The lowest BCUT2D eigenvalue weighted by Gasteiger charge is -2.37. The highest BCUT2D eigenvalue weighted by Crippen LogP contribution is 2.50. The Balaban J connectivity index is 1.66. The molecule has 6 heteroatoms. The van der Waals surface area contributed by atoms with E-state index in [1.165, 1.54) is 5.56 Å². The molecular formula is C21H21N3O3. The zero-order valence-electron chi connectivity index (χ0n) is 15.0. The maximum atomic E-state index is 11.7. The monoisotopic (exact) mass is 363 g/mol. The van der Waals surface area contributed by atoms with Crippen LogP contribution in [0.3, 0.4) is 0 Å². The minimum atomic E-state index is -0.376. The fraction of sp³-hybridized carbons (Fsp3) is 0.286. The van der Waals surface area contributed by atoms with E-state index in [0.29, 0.717) is 12.3 Å². The van der Waals surface area contributed by atoms with Gasteiger partial charge in [0.1, 0.15) is 0 Å². The van der Waals surface area contributed by atoms with Crippen molar-refractivity contribution in [2.75, 3.05) is 10.6 Å². The highest BCUT2D eigenvalue weighted by molar-refractivity contribution is 5.91. The average molecular weight is 363 g/mol. The van der Waals surface area contributed by atoms with Crippen LogP contribution in [0, 0.1) is 16.0 Å². The van der Waals surface area contributed by atoms with E-state index in [-0.39, 0.29) is 28.5 Å². The van der Waals surface area contributed by atoms with Crippen LogP contribution in [0.5, 0.6) is 0 Å². The highest BCUT2D eigenvalue weighted by Gasteiger charge is 2.38. The quantitative estimate of drug-likeness (QED) is 0.465. The summed E-state index contributed by atoms with van der Waals surface area (Å²) in [7, 11) is 0. The Morgan fingerprint density at radius 2 is 2.04 bits per heavy atom. The fourth-order valence-electron chi connectivity index (χ4n) is 4.05. The number of amides is 1. The first-order valence-electron chi connectivity index (χ1n) is 9.18. The van der Waals surface area contributed by atoms with Crippen molar-refractivity contribution < 1.29 is 9.72 Å². The molecule has 0 aromatic heterocycles. The van der Waals surface area contributed by atoms with Gasteiger partial charge in [-0.1, -0.05) is 31.2 Å². The zero-order valence-corrected chi connectivity index (χ0v) is 15.0. The van der Waals surface area contributed by atoms with Crippen molar-refractivity contribution in [2.45, 2.75) is 31.7 Å². The van der Waals surface area contributed by atoms with E-state index < -0.39 is 0 Å². The predicted octanol–water partition coefficient (Wildman–Crippen LogP) is 4.77. The largest absolute Gasteiger partial charge is 0.378 e. The normalized spacial score (nSPS) is 22.5. The molecule has 2 aromatic carbocycles. The molecule has 6 nitrogen and oxygen atoms in total. The molecule has 0 saturated carbocycles. The third-order valence-corrected chi connectivity index (χ3v) is 5.43. The van der Waals surface area contributed by atoms with E-state index in [4.69, 9.17) is 0 Å². The molecule has 3 unspecified atom stereocenters. The number of anilines is 2. The number of nitro benzene ring substituents is 1. The van der Waals surface area contributed by atoms with Crippen molar-refractivity contribution in [3.63, 3.8) is 0 Å². The topological polar surface area (TPSA) is 84.3 Å². The van der Waals surface area contributed by atoms with Crippen LogP contribution in [0.25, 0.3) is 0 Å². The third kappa shape index (κ3) is 3.18. The Hall–Kier alpha value is -3.15. The van der Waals surface area contributed by atoms with Crippen LogP contribution in [-0.4, -0.2) is 10.8 Å². The van der Waals surface area contributed by atoms with Gasteiger partial charge in [0.05, 0.1) is 11.0 Å². The molecule has 3 atom stereocenters. The molecule has 4 rings (SSSR count). The van der Waals surface area contributed by atoms with Gasteiger partial charge in [-0.3, -0.25) is 14.9 Å². The Bertz CT molecular complexity index is 921. The smallest absolute Gasteiger partial charge is 0.269 e. The number of hydrogen-bond acceptors (Lipinski definition) is 4. The number of carbonyl (C=O) groups excluding carboxylic acids is 1. The molecule has 0 saturated heterocycles. The van der Waals surface area contributed by atoms with Crippen LogP contribution in [-0.2, 0) is 4.79 Å². The van der Waals surface area contributed by atoms with Crippen LogP contribution in [0.15, 0.2) is 54.6 Å². The first kappa shape index (κ1) is 17.3. The van der Waals surface area contributed by atoms with Gasteiger partial charge in [0.2, 0.25) is 5.91 Å². The average Bonchev–Trinajstić information content (AvgIpc) is 3.17. The number of allylic oxidation sites excluding steroid dienone is 2. The number of nitrogens with zero attached hydrogens (tertiary/aromatic N) is 1. The molecule has 0 bridgehead atoms. The van der Waals surface area contributed by atoms with Crippen molar-refractivity contribution in [1.29, 1.82) is 0 Å². The standard InChI is InChI=1S/C21H21N3O3/c1-2-20(25)22-14-8-11-19-18(12-14)16-4-3-5-17(16)21(23-19)13-6-9-15(10-7-13)24(26)27/h3-4,6-12,16-17,21,23H,2,5H2,1H3,(H,22,25). The fourth-order valence-corrected chi connectivity index (χ4v) is 4.05. The van der Waals surface area contributed by atoms with Crippen molar-refractivity contribution >= 4 is 23.0 Å². The molecule has 0 spiro atoms. The number of fused-ring (bicyclic) bond motifs is 3. The maximum Gasteiger partial charge on any atom is 0.269 e. The van der Waals surface area contributed by atoms with Gasteiger partial charge in [-0.15, -0.1) is 0 Å². The number of nitro groups is 1. The summed E-state index contributed by atoms with van der Waals surface area (Å²) < 4.78 is 0. The number of non-ortho nitro benzene ring substituents is 1. The lowest BCUT2D eigenvalue weighted by Crippen LogP contribution is -2.29. The van der Waals surface area contributed by atoms with Crippen molar-refractivity contribution in [3.05, 3.63) is 75.9 Å². The molecule has 2 aromatic rings. The number of benzene rings is 2. The van der Waals surface area contributed by atoms with Crippen LogP contribution < -0.4 is 10.6 Å². The molecule has 2 aliphatic rings. The van der Waals surface area contributed by atoms with Crippen LogP contribution in [0.2, 0.25) is 0 Å². The van der Waals surface area contributed by atoms with Crippen LogP contribution in [0.1, 0.15) is 42.9 Å². The second-order valence-electron chi connectivity index (χ2n) is 7.03. The molecule has 1 aliphatic heterocycles. The van der Waals surface area contributed by atoms with E-state index in [0.717, 1.165) is 23.4 Å². The summed E-state index contributed by atoms with van der Waals surface area (Å²) in [6, 6.07) is 12.9. The van der Waals surface area contributed by atoms with Gasteiger partial charge >= 0.3 is 0 Å². The molecule has 0 radical (unpaired) electrons. The molecular weight excluding hydrogens is 342 g/mol. The first-order valence-corrected chi connectivity index (χ1v) is 9.18. The Kier molecular flexibility index (Phi) is 4.39. The van der Waals surface area contributed by atoms with Crippen LogP contribution >= 0.6 is 0 Å². The first-order chi connectivity index (χ1) is 13.1. The van der Waals surface area contributed by atoms with Gasteiger partial charge in [0.25, 0.3) is 5.69 Å². The molecule has 0 fully saturated rings. The van der Waals surface area contributed by atoms with Crippen LogP contribution in [0.4, 0.5) is 17.1 Å². The highest BCUT2D eigenvalue weighted by atomic mass is 16.6. The lowest BCUT2D eigenvalue weighted by molar-refractivity contribution is -0.384. The number of rotatable bonds is 4. The summed E-state index contributed by atoms with van der Waals surface area (Å²) >= 11 is 0. The van der Waals surface area contributed by atoms with Gasteiger partial charge < -0.3 is 10.6 Å². The second kappa shape index (κ2) is 6.87. The van der Waals surface area contributed by atoms with Crippen molar-refractivity contribution in [2.24, 2.45) is 5.92 Å². The summed E-state index contributed by atoms with van der Waals surface area (Å²) in [5.74, 6) is 0.608. The van der Waals surface area contributed by atoms with Crippen molar-refractivity contribution in [3.8, 4) is 0 Å². The van der Waals surface area contributed by atoms with E-state index in [2.05, 4.69) is 28.9 Å². The molecule has 27 heavy (non-hydrogen) atoms. The zero-order chi connectivity index (χ0) is 19.0. The van der Waals surface area contributed by atoms with Crippen molar-refractivity contribution in [1.82, 2.24) is 0 Å². The SMILES string of the molecule is CCC(=O)Nc1ccc2c(c1)C1C=CCC1C(c1ccc([N+](=O)[O-])cc1)N2. The van der Waals surface area contributed by atoms with E-state index in [9.17, 15) is 14.9 Å². The molecule has 1 aliphatic carbocycles. The Labute approximate surface area is 157 Å². The van der Waals surface area contributed by atoms with Gasteiger partial charge in [-0.2, -0.15) is 0 Å². The summed E-state index contributed by atoms with van der Waals surface area (Å²) in [6.07, 6.45) is 5.82. The molecule has 1 heterocycles. The maximum absolute atomic E-state index is 11.7. The predicted molar refractivity (Wildman–Crippen MR) is 105 cm³/mol. The number of nitrogens with one attached hydrogen (secondary N) is 2. The van der Waals surface area contributed by atoms with Gasteiger partial charge in [0.15, 0.2) is 0 Å². The summed E-state index contributed by atoms with van der Waals surface area (Å²) in [5, 5.41) is 17.4. The minimum Gasteiger partial charge on any atom is -0.378 e. The second-order valence-corrected chi connectivity index (χ2v) is 7.03. The van der Waals surface area contributed by atoms with E-state index >= 15 is 0 Å². The van der Waals surface area contributed by atoms with Gasteiger partial charge in [-0.05, 0) is 41.7 Å². The summed E-state index contributed by atoms with van der Waals surface area (Å²) in [5.41, 5.74) is 4.19. The summed E-state index contributed by atoms with van der Waals surface area (Å²) in [6.45, 7) is 1.83. The van der Waals surface area contributed by atoms with Gasteiger partial charge in [0, 0.05) is 35.8 Å². The number of carbonyl (C=O) groups is 1. The molecule has 1 amide bonds.